The molecule has 3 heterocycles. The second-order valence-corrected chi connectivity index (χ2v) is 13.3. The number of hydrogen-bond acceptors (Lipinski definition) is 8. The lowest BCUT2D eigenvalue weighted by Crippen LogP contribution is -2.54. The van der Waals surface area contributed by atoms with Crippen molar-refractivity contribution < 1.29 is 38.2 Å². The molecule has 54 heavy (non-hydrogen) atoms. The van der Waals surface area contributed by atoms with E-state index in [1.807, 2.05) is 60.7 Å². The quantitative estimate of drug-likeness (QED) is 0.252. The van der Waals surface area contributed by atoms with E-state index in [4.69, 9.17) is 9.47 Å². The molecule has 3 aliphatic rings. The van der Waals surface area contributed by atoms with Crippen molar-refractivity contribution in [3.05, 3.63) is 143 Å². The highest BCUT2D eigenvalue weighted by Gasteiger charge is 2.45. The van der Waals surface area contributed by atoms with Gasteiger partial charge in [-0.3, -0.25) is 38.6 Å². The summed E-state index contributed by atoms with van der Waals surface area (Å²) in [4.78, 5) is 88.2. The summed E-state index contributed by atoms with van der Waals surface area (Å²) < 4.78 is 12.0. The van der Waals surface area contributed by atoms with Crippen molar-refractivity contribution in [3.63, 3.8) is 0 Å². The van der Waals surface area contributed by atoms with Gasteiger partial charge < -0.3 is 19.3 Å². The number of rotatable bonds is 8. The van der Waals surface area contributed by atoms with Gasteiger partial charge in [0.15, 0.2) is 0 Å². The molecule has 4 aromatic rings. The molecule has 3 aliphatic heterocycles. The number of benzene rings is 4. The Morgan fingerprint density at radius 1 is 0.444 bits per heavy atom. The van der Waals surface area contributed by atoms with Crippen molar-refractivity contribution in [2.45, 2.75) is 24.9 Å². The fraction of sp³-hybridized carbons (Fsp3) is 0.286. The molecule has 1 fully saturated rings. The largest absolute Gasteiger partial charge is 0.378 e. The first-order valence-corrected chi connectivity index (χ1v) is 18.1. The van der Waals surface area contributed by atoms with Crippen LogP contribution in [0.1, 0.15) is 52.6 Å². The summed E-state index contributed by atoms with van der Waals surface area (Å²) in [5.41, 5.74) is 2.66. The molecule has 0 saturated carbocycles. The third-order valence-electron chi connectivity index (χ3n) is 10.0. The highest BCUT2D eigenvalue weighted by Crippen LogP contribution is 2.28. The normalized spacial score (nSPS) is 17.8. The maximum atomic E-state index is 14.3. The number of carbonyl (C=O) groups is 6. The van der Waals surface area contributed by atoms with E-state index in [2.05, 4.69) is 0 Å². The van der Waals surface area contributed by atoms with Crippen LogP contribution in [0.2, 0.25) is 0 Å². The minimum Gasteiger partial charge on any atom is -0.378 e. The van der Waals surface area contributed by atoms with Crippen molar-refractivity contribution in [1.82, 2.24) is 19.6 Å². The monoisotopic (exact) mass is 728 g/mol. The minimum atomic E-state index is -1.09. The third kappa shape index (κ3) is 7.43. The first-order chi connectivity index (χ1) is 26.3. The van der Waals surface area contributed by atoms with Crippen LogP contribution in [0.15, 0.2) is 109 Å². The summed E-state index contributed by atoms with van der Waals surface area (Å²) in [7, 11) is 0. The zero-order chi connectivity index (χ0) is 37.6. The number of ether oxygens (including phenoxy) is 2. The lowest BCUT2D eigenvalue weighted by atomic mass is 10.0. The number of amides is 6. The standard InChI is InChI=1S/C42H40N4O8/c47-37-31-15-7-8-16-32(31)38(48)45(37)35(27-29-11-3-1-4-12-29)41(51)43-19-23-53-25-21-44(22-26-54-24-20-43)42(52)36(28-30-13-5-2-6-14-30)46-39(49)33-17-9-10-18-34(33)40(46)50/h1-18,35-36H,19-28H2/t35-,36-/m1/s1. The zero-order valence-corrected chi connectivity index (χ0v) is 29.7. The molecule has 12 nitrogen and oxygen atoms in total. The minimum absolute atomic E-state index is 0.111. The van der Waals surface area contributed by atoms with Gasteiger partial charge in [0.25, 0.3) is 23.6 Å². The van der Waals surface area contributed by atoms with Gasteiger partial charge in [-0.15, -0.1) is 0 Å². The maximum absolute atomic E-state index is 14.3. The zero-order valence-electron chi connectivity index (χ0n) is 29.7. The van der Waals surface area contributed by atoms with E-state index in [1.54, 1.807) is 58.3 Å². The molecule has 12 heteroatoms. The Morgan fingerprint density at radius 2 is 0.722 bits per heavy atom. The number of carbonyl (C=O) groups excluding carboxylic acids is 6. The van der Waals surface area contributed by atoms with Gasteiger partial charge in [0.2, 0.25) is 11.8 Å². The second-order valence-electron chi connectivity index (χ2n) is 13.3. The van der Waals surface area contributed by atoms with Gasteiger partial charge in [0.1, 0.15) is 12.1 Å². The average Bonchev–Trinajstić information content (AvgIpc) is 3.60. The van der Waals surface area contributed by atoms with Crippen LogP contribution < -0.4 is 0 Å². The van der Waals surface area contributed by atoms with Crippen LogP contribution in [-0.4, -0.2) is 120 Å². The van der Waals surface area contributed by atoms with Crippen molar-refractivity contribution in [1.29, 1.82) is 0 Å². The van der Waals surface area contributed by atoms with Gasteiger partial charge in [-0.05, 0) is 35.4 Å². The molecule has 0 bridgehead atoms. The van der Waals surface area contributed by atoms with Gasteiger partial charge in [-0.25, -0.2) is 0 Å². The Morgan fingerprint density at radius 3 is 1.02 bits per heavy atom. The topological polar surface area (TPSA) is 134 Å². The Hall–Kier alpha value is -5.98. The van der Waals surface area contributed by atoms with Gasteiger partial charge in [-0.1, -0.05) is 84.9 Å². The molecule has 276 valence electrons. The molecule has 0 spiro atoms. The predicted molar refractivity (Wildman–Crippen MR) is 197 cm³/mol. The van der Waals surface area contributed by atoms with Gasteiger partial charge in [0.05, 0.1) is 48.7 Å². The molecule has 0 aliphatic carbocycles. The van der Waals surface area contributed by atoms with E-state index < -0.39 is 47.5 Å². The molecular weight excluding hydrogens is 688 g/mol. The third-order valence-corrected chi connectivity index (χ3v) is 10.0. The second kappa shape index (κ2) is 16.4. The number of nitrogens with zero attached hydrogens (tertiary/aromatic N) is 4. The van der Waals surface area contributed by atoms with Gasteiger partial charge in [-0.2, -0.15) is 0 Å². The van der Waals surface area contributed by atoms with E-state index in [1.165, 1.54) is 0 Å². The van der Waals surface area contributed by atoms with Gasteiger partial charge >= 0.3 is 0 Å². The fourth-order valence-corrected chi connectivity index (χ4v) is 7.22. The van der Waals surface area contributed by atoms with Crippen molar-refractivity contribution in [3.8, 4) is 0 Å². The Kier molecular flexibility index (Phi) is 11.0. The van der Waals surface area contributed by atoms with Crippen LogP contribution >= 0.6 is 0 Å². The van der Waals surface area contributed by atoms with E-state index in [0.29, 0.717) is 0 Å². The van der Waals surface area contributed by atoms with E-state index in [9.17, 15) is 28.8 Å². The molecule has 0 radical (unpaired) electrons. The number of fused-ring (bicyclic) bond motifs is 2. The molecular formula is C42H40N4O8. The highest BCUT2D eigenvalue weighted by atomic mass is 16.5. The van der Waals surface area contributed by atoms with Crippen LogP contribution in [0.5, 0.6) is 0 Å². The summed E-state index contributed by atoms with van der Waals surface area (Å²) in [6.45, 7) is 1.04. The molecule has 0 N–H and O–H groups in total. The molecule has 2 atom stereocenters. The Balaban J connectivity index is 1.05. The van der Waals surface area contributed by atoms with Gasteiger partial charge in [0, 0.05) is 39.0 Å². The summed E-state index contributed by atoms with van der Waals surface area (Å²) >= 11 is 0. The smallest absolute Gasteiger partial charge is 0.262 e. The van der Waals surface area contributed by atoms with E-state index >= 15 is 0 Å². The van der Waals surface area contributed by atoms with Crippen LogP contribution in [0, 0.1) is 0 Å². The van der Waals surface area contributed by atoms with E-state index in [-0.39, 0.29) is 87.7 Å². The summed E-state index contributed by atoms with van der Waals surface area (Å²) in [6.07, 6.45) is 0.273. The lowest BCUT2D eigenvalue weighted by molar-refractivity contribution is -0.139. The van der Waals surface area contributed by atoms with Crippen LogP contribution in [0.3, 0.4) is 0 Å². The average molecular weight is 729 g/mol. The first kappa shape index (κ1) is 36.4. The SMILES string of the molecule is O=C([C@@H](Cc1ccccc1)N1C(=O)c2ccccc2C1=O)N1CCOCCN(C(=O)[C@@H](Cc2ccccc2)N2C(=O)c3ccccc3C2=O)CCOCC1. The Bertz CT molecular complexity index is 1830. The van der Waals surface area contributed by atoms with Crippen LogP contribution in [0.25, 0.3) is 0 Å². The molecule has 4 aromatic carbocycles. The van der Waals surface area contributed by atoms with E-state index in [0.717, 1.165) is 20.9 Å². The number of hydrogen-bond donors (Lipinski definition) is 0. The van der Waals surface area contributed by atoms with Crippen LogP contribution in [0.4, 0.5) is 0 Å². The molecule has 7 rings (SSSR count). The molecule has 6 amide bonds. The lowest BCUT2D eigenvalue weighted by Gasteiger charge is -2.33. The number of imide groups is 2. The predicted octanol–water partition coefficient (Wildman–Crippen LogP) is 3.51. The molecule has 1 saturated heterocycles. The fourth-order valence-electron chi connectivity index (χ4n) is 7.22. The van der Waals surface area contributed by atoms with Crippen LogP contribution in [-0.2, 0) is 31.9 Å². The highest BCUT2D eigenvalue weighted by molar-refractivity contribution is 6.23. The summed E-state index contributed by atoms with van der Waals surface area (Å²) in [5.74, 6) is -2.85. The maximum Gasteiger partial charge on any atom is 0.262 e. The molecule has 0 unspecified atom stereocenters. The molecule has 0 aromatic heterocycles. The summed E-state index contributed by atoms with van der Waals surface area (Å²) in [5, 5.41) is 0. The van der Waals surface area contributed by atoms with Crippen molar-refractivity contribution in [2.24, 2.45) is 0 Å². The Labute approximate surface area is 312 Å². The first-order valence-electron chi connectivity index (χ1n) is 18.1. The van der Waals surface area contributed by atoms with Crippen molar-refractivity contribution in [2.75, 3.05) is 52.6 Å². The van der Waals surface area contributed by atoms with Crippen molar-refractivity contribution >= 4 is 35.4 Å². The summed E-state index contributed by atoms with van der Waals surface area (Å²) in [6, 6.07) is 29.4.